The van der Waals surface area contributed by atoms with Crippen molar-refractivity contribution in [3.63, 3.8) is 0 Å². The Morgan fingerprint density at radius 1 is 1.14 bits per heavy atom. The molecule has 0 fully saturated rings. The van der Waals surface area contributed by atoms with Crippen molar-refractivity contribution in [2.45, 2.75) is 33.1 Å². The molecule has 114 valence electrons. The van der Waals surface area contributed by atoms with Crippen LogP contribution in [0.3, 0.4) is 0 Å². The Hall–Kier alpha value is -2.10. The number of rotatable bonds is 7. The first-order valence-electron chi connectivity index (χ1n) is 7.35. The van der Waals surface area contributed by atoms with Crippen molar-refractivity contribution in [3.05, 3.63) is 41.5 Å². The first-order valence-corrected chi connectivity index (χ1v) is 7.35. The number of benzene rings is 1. The molecule has 0 bridgehead atoms. The van der Waals surface area contributed by atoms with Crippen LogP contribution in [0, 0.1) is 0 Å². The number of carbonyl (C=O) groups excluding carboxylic acids is 2. The summed E-state index contributed by atoms with van der Waals surface area (Å²) in [5, 5.41) is 5.25. The number of nitrogens with one attached hydrogen (secondary N) is 2. The van der Waals surface area contributed by atoms with Crippen molar-refractivity contribution in [2.75, 3.05) is 13.1 Å². The molecule has 21 heavy (non-hydrogen) atoms. The van der Waals surface area contributed by atoms with Crippen LogP contribution in [-0.4, -0.2) is 24.9 Å². The summed E-state index contributed by atoms with van der Waals surface area (Å²) >= 11 is 0. The number of hydrogen-bond acceptors (Lipinski definition) is 2. The lowest BCUT2D eigenvalue weighted by Gasteiger charge is -2.05. The molecule has 2 amide bonds. The third-order valence-electron chi connectivity index (χ3n) is 3.03. The normalized spacial score (nSPS) is 10.9. The van der Waals surface area contributed by atoms with E-state index in [0.29, 0.717) is 12.5 Å². The highest BCUT2D eigenvalue weighted by Gasteiger charge is 2.02. The molecule has 4 heteroatoms. The first kappa shape index (κ1) is 17.0. The van der Waals surface area contributed by atoms with Crippen LogP contribution in [0.25, 0.3) is 6.08 Å². The van der Waals surface area contributed by atoms with Gasteiger partial charge in [-0.1, -0.05) is 45.0 Å². The van der Waals surface area contributed by atoms with E-state index in [1.807, 2.05) is 19.1 Å². The molecule has 0 aliphatic rings. The van der Waals surface area contributed by atoms with Gasteiger partial charge in [0.15, 0.2) is 0 Å². The summed E-state index contributed by atoms with van der Waals surface area (Å²) in [6, 6.07) is 8.07. The second-order valence-electron chi connectivity index (χ2n) is 5.22. The Bertz CT molecular complexity index is 490. The number of amides is 2. The van der Waals surface area contributed by atoms with Crippen molar-refractivity contribution in [1.82, 2.24) is 10.6 Å². The van der Waals surface area contributed by atoms with Gasteiger partial charge in [-0.3, -0.25) is 9.59 Å². The van der Waals surface area contributed by atoms with Crippen LogP contribution in [0.4, 0.5) is 0 Å². The Balaban J connectivity index is 2.41. The molecule has 0 spiro atoms. The van der Waals surface area contributed by atoms with Gasteiger partial charge in [-0.2, -0.15) is 0 Å². The molecule has 2 N–H and O–H groups in total. The van der Waals surface area contributed by atoms with Gasteiger partial charge in [-0.25, -0.2) is 0 Å². The fraction of sp³-hybridized carbons (Fsp3) is 0.412. The van der Waals surface area contributed by atoms with E-state index in [1.165, 1.54) is 11.6 Å². The second kappa shape index (κ2) is 8.95. The van der Waals surface area contributed by atoms with Crippen molar-refractivity contribution < 1.29 is 9.59 Å². The van der Waals surface area contributed by atoms with Gasteiger partial charge < -0.3 is 10.6 Å². The average molecular weight is 288 g/mol. The van der Waals surface area contributed by atoms with Crippen molar-refractivity contribution >= 4 is 17.9 Å². The molecule has 1 aromatic carbocycles. The van der Waals surface area contributed by atoms with Gasteiger partial charge in [0.25, 0.3) is 0 Å². The maximum absolute atomic E-state index is 11.6. The van der Waals surface area contributed by atoms with E-state index >= 15 is 0 Å². The third-order valence-corrected chi connectivity index (χ3v) is 3.03. The largest absolute Gasteiger partial charge is 0.355 e. The standard InChI is InChI=1S/C17H24N2O2/c1-4-11-18-17(21)12-19-16(20)10-7-14-5-8-15(9-6-14)13(2)3/h5-10,13H,4,11-12H2,1-3H3,(H,18,21)(H,19,20)/b10-7+. The lowest BCUT2D eigenvalue weighted by molar-refractivity contribution is -0.123. The van der Waals surface area contributed by atoms with Crippen molar-refractivity contribution in [2.24, 2.45) is 0 Å². The highest BCUT2D eigenvalue weighted by atomic mass is 16.2. The van der Waals surface area contributed by atoms with Gasteiger partial charge in [-0.15, -0.1) is 0 Å². The Morgan fingerprint density at radius 3 is 2.38 bits per heavy atom. The average Bonchev–Trinajstić information content (AvgIpc) is 2.49. The fourth-order valence-electron chi connectivity index (χ4n) is 1.72. The van der Waals surface area contributed by atoms with E-state index in [4.69, 9.17) is 0 Å². The summed E-state index contributed by atoms with van der Waals surface area (Å²) in [6.07, 6.45) is 4.06. The maximum Gasteiger partial charge on any atom is 0.244 e. The minimum absolute atomic E-state index is 0.00939. The van der Waals surface area contributed by atoms with Crippen LogP contribution in [0.5, 0.6) is 0 Å². The number of hydrogen-bond donors (Lipinski definition) is 2. The molecular weight excluding hydrogens is 264 g/mol. The molecule has 0 aliphatic carbocycles. The molecule has 1 aromatic rings. The van der Waals surface area contributed by atoms with Crippen LogP contribution >= 0.6 is 0 Å². The molecule has 0 aromatic heterocycles. The van der Waals surface area contributed by atoms with Gasteiger partial charge in [0.1, 0.15) is 0 Å². The minimum Gasteiger partial charge on any atom is -0.355 e. The summed E-state index contributed by atoms with van der Waals surface area (Å²) in [4.78, 5) is 22.9. The molecule has 0 radical (unpaired) electrons. The fourth-order valence-corrected chi connectivity index (χ4v) is 1.72. The van der Waals surface area contributed by atoms with E-state index in [0.717, 1.165) is 12.0 Å². The van der Waals surface area contributed by atoms with Gasteiger partial charge in [0, 0.05) is 12.6 Å². The monoisotopic (exact) mass is 288 g/mol. The molecule has 0 heterocycles. The lowest BCUT2D eigenvalue weighted by Crippen LogP contribution is -2.36. The van der Waals surface area contributed by atoms with E-state index in [9.17, 15) is 9.59 Å². The molecule has 4 nitrogen and oxygen atoms in total. The summed E-state index contributed by atoms with van der Waals surface area (Å²) in [5.41, 5.74) is 2.23. The highest BCUT2D eigenvalue weighted by molar-refractivity contribution is 5.94. The zero-order valence-electron chi connectivity index (χ0n) is 13.0. The van der Waals surface area contributed by atoms with Crippen LogP contribution in [-0.2, 0) is 9.59 Å². The zero-order valence-corrected chi connectivity index (χ0v) is 13.0. The summed E-state index contributed by atoms with van der Waals surface area (Å²) in [7, 11) is 0. The van der Waals surface area contributed by atoms with E-state index < -0.39 is 0 Å². The quantitative estimate of drug-likeness (QED) is 0.757. The van der Waals surface area contributed by atoms with Crippen LogP contribution < -0.4 is 10.6 Å². The molecule has 0 saturated carbocycles. The molecule has 1 rings (SSSR count). The highest BCUT2D eigenvalue weighted by Crippen LogP contribution is 2.15. The Kier molecular flexibility index (Phi) is 7.23. The van der Waals surface area contributed by atoms with E-state index in [-0.39, 0.29) is 18.4 Å². The second-order valence-corrected chi connectivity index (χ2v) is 5.22. The molecular formula is C17H24N2O2. The maximum atomic E-state index is 11.6. The Labute approximate surface area is 126 Å². The van der Waals surface area contributed by atoms with Crippen LogP contribution in [0.1, 0.15) is 44.2 Å². The smallest absolute Gasteiger partial charge is 0.244 e. The molecule has 0 aliphatic heterocycles. The van der Waals surface area contributed by atoms with E-state index in [2.05, 4.69) is 36.6 Å². The van der Waals surface area contributed by atoms with Gasteiger partial charge in [-0.05, 0) is 29.5 Å². The molecule has 0 unspecified atom stereocenters. The topological polar surface area (TPSA) is 58.2 Å². The number of carbonyl (C=O) groups is 2. The summed E-state index contributed by atoms with van der Waals surface area (Å²) < 4.78 is 0. The lowest BCUT2D eigenvalue weighted by atomic mass is 10.0. The SMILES string of the molecule is CCCNC(=O)CNC(=O)/C=C/c1ccc(C(C)C)cc1. The van der Waals surface area contributed by atoms with E-state index in [1.54, 1.807) is 6.08 Å². The van der Waals surface area contributed by atoms with Crippen LogP contribution in [0.15, 0.2) is 30.3 Å². The molecule has 0 atom stereocenters. The van der Waals surface area contributed by atoms with Crippen LogP contribution in [0.2, 0.25) is 0 Å². The minimum atomic E-state index is -0.269. The van der Waals surface area contributed by atoms with Gasteiger partial charge >= 0.3 is 0 Å². The Morgan fingerprint density at radius 2 is 1.81 bits per heavy atom. The summed E-state index contributed by atoms with van der Waals surface area (Å²) in [6.45, 7) is 6.90. The van der Waals surface area contributed by atoms with Crippen molar-refractivity contribution in [1.29, 1.82) is 0 Å². The van der Waals surface area contributed by atoms with Gasteiger partial charge in [0.2, 0.25) is 11.8 Å². The van der Waals surface area contributed by atoms with Crippen molar-refractivity contribution in [3.8, 4) is 0 Å². The predicted molar refractivity (Wildman–Crippen MR) is 85.9 cm³/mol. The first-order chi connectivity index (χ1) is 10.0. The zero-order chi connectivity index (χ0) is 15.7. The van der Waals surface area contributed by atoms with Gasteiger partial charge in [0.05, 0.1) is 6.54 Å². The molecule has 0 saturated heterocycles. The summed E-state index contributed by atoms with van der Waals surface area (Å²) in [5.74, 6) is 0.0578. The third kappa shape index (κ3) is 6.75. The predicted octanol–water partition coefficient (Wildman–Crippen LogP) is 2.47.